The lowest BCUT2D eigenvalue weighted by atomic mass is 9.45. The van der Waals surface area contributed by atoms with Gasteiger partial charge in [0.1, 0.15) is 0 Å². The van der Waals surface area contributed by atoms with Gasteiger partial charge < -0.3 is 15.0 Å². The van der Waals surface area contributed by atoms with Crippen molar-refractivity contribution < 1.29 is 15.0 Å². The van der Waals surface area contributed by atoms with Gasteiger partial charge in [-0.25, -0.2) is 0 Å². The molecule has 1 N–H and O–H groups in total. The van der Waals surface area contributed by atoms with Crippen molar-refractivity contribution in [2.45, 2.75) is 77.7 Å². The number of aliphatic hydroxyl groups is 1. The first-order valence-corrected chi connectivity index (χ1v) is 9.90. The molecule has 3 saturated carbocycles. The van der Waals surface area contributed by atoms with E-state index in [1.807, 2.05) is 0 Å². The fourth-order valence-electron chi connectivity index (χ4n) is 7.25. The van der Waals surface area contributed by atoms with Crippen molar-refractivity contribution >= 4 is 5.97 Å². The summed E-state index contributed by atoms with van der Waals surface area (Å²) in [6, 6.07) is 0. The Hall–Kier alpha value is -0.830. The number of rotatable bonds is 2. The number of allylic oxidation sites excluding steroid dienone is 1. The fourth-order valence-corrected chi connectivity index (χ4v) is 7.25. The molecule has 0 unspecified atom stereocenters. The molecule has 0 saturated heterocycles. The topological polar surface area (TPSA) is 60.4 Å². The number of carbonyl (C=O) groups excluding carboxylic acids is 1. The van der Waals surface area contributed by atoms with Crippen molar-refractivity contribution in [2.75, 3.05) is 0 Å². The van der Waals surface area contributed by atoms with Crippen LogP contribution in [-0.4, -0.2) is 17.2 Å². The van der Waals surface area contributed by atoms with E-state index in [0.717, 1.165) is 43.1 Å². The molecule has 3 heteroatoms. The molecule has 7 atom stereocenters. The normalized spacial score (nSPS) is 50.5. The number of carboxylic acid groups (broad SMARTS) is 1. The zero-order valence-electron chi connectivity index (χ0n) is 15.1. The predicted octanol–water partition coefficient (Wildman–Crippen LogP) is 3.07. The monoisotopic (exact) mass is 331 g/mol. The number of carbonyl (C=O) groups is 1. The average Bonchev–Trinajstić information content (AvgIpc) is 2.83. The molecule has 4 rings (SSSR count). The highest BCUT2D eigenvalue weighted by Crippen LogP contribution is 2.66. The minimum atomic E-state index is -0.938. The molecule has 4 aliphatic rings. The Balaban J connectivity index is 1.58. The molecule has 24 heavy (non-hydrogen) atoms. The van der Waals surface area contributed by atoms with Crippen molar-refractivity contribution in [2.24, 2.45) is 34.5 Å². The molecule has 0 aromatic carbocycles. The number of aliphatic hydroxyl groups excluding tert-OH is 1. The summed E-state index contributed by atoms with van der Waals surface area (Å²) in [5.41, 5.74) is 1.57. The number of carboxylic acids is 1. The Morgan fingerprint density at radius 3 is 2.67 bits per heavy atom. The average molecular weight is 331 g/mol. The maximum absolute atomic E-state index is 11.0. The van der Waals surface area contributed by atoms with Crippen LogP contribution < -0.4 is 5.11 Å². The van der Waals surface area contributed by atoms with Gasteiger partial charge in [0.25, 0.3) is 0 Å². The van der Waals surface area contributed by atoms with Gasteiger partial charge in [0.2, 0.25) is 0 Å². The second kappa shape index (κ2) is 5.59. The maximum atomic E-state index is 11.0. The third-order valence-corrected chi connectivity index (χ3v) is 8.73. The van der Waals surface area contributed by atoms with E-state index in [4.69, 9.17) is 0 Å². The van der Waals surface area contributed by atoms with Gasteiger partial charge in [-0.1, -0.05) is 25.5 Å². The van der Waals surface area contributed by atoms with Gasteiger partial charge in [0, 0.05) is 12.4 Å². The van der Waals surface area contributed by atoms with Crippen LogP contribution in [0.1, 0.15) is 71.6 Å². The van der Waals surface area contributed by atoms with E-state index in [2.05, 4.69) is 19.9 Å². The smallest absolute Gasteiger partial charge is 0.0596 e. The van der Waals surface area contributed by atoms with E-state index in [9.17, 15) is 15.0 Å². The molecule has 0 radical (unpaired) electrons. The van der Waals surface area contributed by atoms with Crippen LogP contribution in [-0.2, 0) is 4.79 Å². The Bertz CT molecular complexity index is 567. The Kier molecular flexibility index (Phi) is 3.87. The van der Waals surface area contributed by atoms with Crippen LogP contribution in [0.5, 0.6) is 0 Å². The highest BCUT2D eigenvalue weighted by Gasteiger charge is 2.59. The first-order chi connectivity index (χ1) is 11.3. The third kappa shape index (κ3) is 2.30. The molecular weight excluding hydrogens is 300 g/mol. The minimum absolute atomic E-state index is 0.102. The van der Waals surface area contributed by atoms with Crippen molar-refractivity contribution in [3.8, 4) is 0 Å². The second-order valence-electron chi connectivity index (χ2n) is 9.61. The van der Waals surface area contributed by atoms with Crippen LogP contribution in [0.4, 0.5) is 0 Å². The number of hydrogen-bond donors (Lipinski definition) is 1. The molecule has 0 aliphatic heterocycles. The number of hydrogen-bond acceptors (Lipinski definition) is 3. The number of aliphatic carboxylic acids is 1. The summed E-state index contributed by atoms with van der Waals surface area (Å²) in [5, 5.41) is 21.5. The van der Waals surface area contributed by atoms with Gasteiger partial charge in [-0.05, 0) is 85.9 Å². The quantitative estimate of drug-likeness (QED) is 0.791. The maximum Gasteiger partial charge on any atom is 0.0596 e. The first kappa shape index (κ1) is 16.6. The van der Waals surface area contributed by atoms with Crippen LogP contribution in [0.25, 0.3) is 0 Å². The van der Waals surface area contributed by atoms with Crippen LogP contribution in [0.2, 0.25) is 0 Å². The van der Waals surface area contributed by atoms with Crippen LogP contribution in [0, 0.1) is 34.5 Å². The van der Waals surface area contributed by atoms with Crippen LogP contribution in [0.15, 0.2) is 11.6 Å². The van der Waals surface area contributed by atoms with Crippen molar-refractivity contribution in [1.82, 2.24) is 0 Å². The standard InChI is InChI=1S/C21H32O3/c1-20-9-7-13(12-19(23)24)11-14(20)3-4-15-16-5-6-18(22)21(16,2)10-8-17(15)20/h7,14-18,22H,3-6,8-12H2,1-2H3,(H,23,24)/p-1/t14-,15-,16-,17-,18-,20-,21-/m0/s1. The summed E-state index contributed by atoms with van der Waals surface area (Å²) in [7, 11) is 0. The van der Waals surface area contributed by atoms with Gasteiger partial charge in [-0.3, -0.25) is 0 Å². The minimum Gasteiger partial charge on any atom is -0.550 e. The Morgan fingerprint density at radius 1 is 1.17 bits per heavy atom. The zero-order valence-corrected chi connectivity index (χ0v) is 15.1. The van der Waals surface area contributed by atoms with Crippen molar-refractivity contribution in [1.29, 1.82) is 0 Å². The van der Waals surface area contributed by atoms with Gasteiger partial charge in [0.15, 0.2) is 0 Å². The summed E-state index contributed by atoms with van der Waals surface area (Å²) in [6.07, 6.45) is 11.3. The van der Waals surface area contributed by atoms with E-state index < -0.39 is 5.97 Å². The second-order valence-corrected chi connectivity index (χ2v) is 9.61. The summed E-state index contributed by atoms with van der Waals surface area (Å²) in [4.78, 5) is 11.0. The largest absolute Gasteiger partial charge is 0.550 e. The third-order valence-electron chi connectivity index (χ3n) is 8.73. The molecule has 0 bridgehead atoms. The molecule has 0 heterocycles. The predicted molar refractivity (Wildman–Crippen MR) is 90.8 cm³/mol. The molecule has 3 nitrogen and oxygen atoms in total. The Labute approximate surface area is 145 Å². The lowest BCUT2D eigenvalue weighted by molar-refractivity contribution is -0.304. The Morgan fingerprint density at radius 2 is 1.92 bits per heavy atom. The van der Waals surface area contributed by atoms with E-state index in [0.29, 0.717) is 17.3 Å². The lowest BCUT2D eigenvalue weighted by Gasteiger charge is -2.59. The molecule has 134 valence electrons. The van der Waals surface area contributed by atoms with Crippen molar-refractivity contribution in [3.63, 3.8) is 0 Å². The van der Waals surface area contributed by atoms with Crippen LogP contribution in [0.3, 0.4) is 0 Å². The fraction of sp³-hybridized carbons (Fsp3) is 0.857. The summed E-state index contributed by atoms with van der Waals surface area (Å²) in [5.74, 6) is 1.90. The molecule has 4 aliphatic carbocycles. The van der Waals surface area contributed by atoms with Gasteiger partial charge >= 0.3 is 0 Å². The highest BCUT2D eigenvalue weighted by molar-refractivity contribution is 5.67. The molecule has 3 fully saturated rings. The molecular formula is C21H31O3-. The van der Waals surface area contributed by atoms with E-state index in [1.165, 1.54) is 25.7 Å². The summed E-state index contributed by atoms with van der Waals surface area (Å²) >= 11 is 0. The van der Waals surface area contributed by atoms with Gasteiger partial charge in [-0.15, -0.1) is 0 Å². The van der Waals surface area contributed by atoms with Gasteiger partial charge in [-0.2, -0.15) is 0 Å². The van der Waals surface area contributed by atoms with E-state index in [-0.39, 0.29) is 17.9 Å². The van der Waals surface area contributed by atoms with E-state index >= 15 is 0 Å². The SMILES string of the molecule is C[C@]12CC=C(CC(=O)[O-])C[C@@H]1CC[C@@H]1[C@@H]2CC[C@]2(C)[C@@H](O)CC[C@@H]12. The zero-order chi connectivity index (χ0) is 17.1. The van der Waals surface area contributed by atoms with Crippen LogP contribution >= 0.6 is 0 Å². The van der Waals surface area contributed by atoms with Crippen molar-refractivity contribution in [3.05, 3.63) is 11.6 Å². The highest BCUT2D eigenvalue weighted by atomic mass is 16.4. The molecule has 0 amide bonds. The van der Waals surface area contributed by atoms with E-state index in [1.54, 1.807) is 0 Å². The molecule has 0 aromatic heterocycles. The molecule has 0 spiro atoms. The lowest BCUT2D eigenvalue weighted by Crippen LogP contribution is -2.53. The molecule has 0 aromatic rings. The number of fused-ring (bicyclic) bond motifs is 5. The van der Waals surface area contributed by atoms with Gasteiger partial charge in [0.05, 0.1) is 6.10 Å². The summed E-state index contributed by atoms with van der Waals surface area (Å²) < 4.78 is 0. The first-order valence-electron chi connectivity index (χ1n) is 9.90. The summed E-state index contributed by atoms with van der Waals surface area (Å²) in [6.45, 7) is 4.80.